The molecule has 5 atom stereocenters. The first-order valence-corrected chi connectivity index (χ1v) is 10.1. The van der Waals surface area contributed by atoms with Crippen LogP contribution in [0.25, 0.3) is 0 Å². The van der Waals surface area contributed by atoms with E-state index in [0.29, 0.717) is 37.0 Å². The van der Waals surface area contributed by atoms with Gasteiger partial charge in [-0.15, -0.1) is 0 Å². The van der Waals surface area contributed by atoms with E-state index in [1.165, 1.54) is 18.9 Å². The third-order valence-corrected chi connectivity index (χ3v) is 8.38. The van der Waals surface area contributed by atoms with Gasteiger partial charge in [0.1, 0.15) is 17.4 Å². The van der Waals surface area contributed by atoms with Crippen LogP contribution in [0.15, 0.2) is 6.07 Å². The largest absolute Gasteiger partial charge is 0.508 e. The van der Waals surface area contributed by atoms with Crippen LogP contribution < -0.4 is 4.74 Å². The highest BCUT2D eigenvalue weighted by molar-refractivity contribution is 5.90. The quantitative estimate of drug-likeness (QED) is 0.532. The van der Waals surface area contributed by atoms with Gasteiger partial charge in [-0.2, -0.15) is 0 Å². The van der Waals surface area contributed by atoms with Crippen molar-refractivity contribution < 1.29 is 29.3 Å². The Labute approximate surface area is 165 Å². The highest BCUT2D eigenvalue weighted by atomic mass is 16.5. The number of Topliss-reactive ketones (excluding diaryl/α,β-unsaturated/α-hetero) is 1. The number of aromatic hydroxyl groups is 2. The molecular formula is C22H29NO5. The van der Waals surface area contributed by atoms with Crippen LogP contribution in [0.1, 0.15) is 43.2 Å². The van der Waals surface area contributed by atoms with Crippen molar-refractivity contribution in [2.45, 2.75) is 61.7 Å². The monoisotopic (exact) mass is 387 g/mol. The molecule has 3 aliphatic carbocycles. The maximum Gasteiger partial charge on any atom is 0.174 e. The fourth-order valence-electron chi connectivity index (χ4n) is 7.01. The Morgan fingerprint density at radius 3 is 2.71 bits per heavy atom. The molecule has 2 aliphatic heterocycles. The number of nitrogens with zero attached hydrogens (tertiary/aromatic N) is 1. The first-order chi connectivity index (χ1) is 12.8. The molecule has 2 bridgehead atoms. The standard InChI is InChI=1S/C21H25NO5.CH3/c1-22(10-11-2-3-11)7-6-20-17-12-8-16(22)21(20,26)5-4-13(23)19(20)27-18(17)15(25)9-14(12)24;/h9,11,16,19,26H,2-8,10H2,1H3,(H-,24,25);1H3/q;-1/p+1/t16-,19+,20+,21-,22-;/m1./s1. The molecule has 6 rings (SSSR count). The number of carbonyl (C=O) groups excluding carboxylic acids is 1. The summed E-state index contributed by atoms with van der Waals surface area (Å²) >= 11 is 0. The summed E-state index contributed by atoms with van der Waals surface area (Å²) in [6.07, 6.45) is 3.70. The smallest absolute Gasteiger partial charge is 0.174 e. The van der Waals surface area contributed by atoms with Gasteiger partial charge in [-0.05, 0) is 19.3 Å². The summed E-state index contributed by atoms with van der Waals surface area (Å²) in [6.45, 7) is 1.93. The second kappa shape index (κ2) is 5.22. The minimum absolute atomic E-state index is 0. The number of aliphatic hydroxyl groups is 1. The molecule has 3 N–H and O–H groups in total. The second-order valence-electron chi connectivity index (χ2n) is 9.76. The molecule has 1 saturated heterocycles. The number of ether oxygens (including phenoxy) is 1. The molecule has 1 aromatic rings. The number of piperidine rings is 1. The van der Waals surface area contributed by atoms with Crippen LogP contribution >= 0.6 is 0 Å². The number of hydrogen-bond donors (Lipinski definition) is 3. The topological polar surface area (TPSA) is 87.0 Å². The molecule has 0 unspecified atom stereocenters. The fraction of sp³-hybridized carbons (Fsp3) is 0.636. The van der Waals surface area contributed by atoms with Crippen molar-refractivity contribution in [2.75, 3.05) is 20.1 Å². The van der Waals surface area contributed by atoms with E-state index in [0.717, 1.165) is 29.1 Å². The third kappa shape index (κ3) is 1.84. The lowest BCUT2D eigenvalue weighted by atomic mass is 9.48. The summed E-state index contributed by atoms with van der Waals surface area (Å²) in [5, 5.41) is 33.2. The number of phenols is 2. The number of ketones is 1. The van der Waals surface area contributed by atoms with Gasteiger partial charge in [0, 0.05) is 42.4 Å². The van der Waals surface area contributed by atoms with E-state index >= 15 is 0 Å². The second-order valence-corrected chi connectivity index (χ2v) is 9.76. The molecule has 28 heavy (non-hydrogen) atoms. The van der Waals surface area contributed by atoms with Crippen molar-refractivity contribution in [1.82, 2.24) is 0 Å². The summed E-state index contributed by atoms with van der Waals surface area (Å²) in [6, 6.07) is 1.26. The Morgan fingerprint density at radius 2 is 2.00 bits per heavy atom. The predicted molar refractivity (Wildman–Crippen MR) is 102 cm³/mol. The van der Waals surface area contributed by atoms with Gasteiger partial charge < -0.3 is 32.0 Å². The highest BCUT2D eigenvalue weighted by Crippen LogP contribution is 2.67. The zero-order valence-corrected chi connectivity index (χ0v) is 16.6. The molecule has 3 fully saturated rings. The van der Waals surface area contributed by atoms with Crippen molar-refractivity contribution in [2.24, 2.45) is 5.92 Å². The molecule has 0 radical (unpaired) electrons. The van der Waals surface area contributed by atoms with Crippen LogP contribution in [0, 0.1) is 13.3 Å². The molecule has 0 aromatic heterocycles. The number of carbonyl (C=O) groups is 1. The number of rotatable bonds is 2. The fourth-order valence-corrected chi connectivity index (χ4v) is 7.01. The maximum atomic E-state index is 12.8. The minimum Gasteiger partial charge on any atom is -0.508 e. The number of quaternary nitrogens is 1. The van der Waals surface area contributed by atoms with E-state index in [-0.39, 0.29) is 30.8 Å². The summed E-state index contributed by atoms with van der Waals surface area (Å²) in [5.41, 5.74) is -0.427. The summed E-state index contributed by atoms with van der Waals surface area (Å²) in [5.74, 6) is 0.945. The molecule has 152 valence electrons. The van der Waals surface area contributed by atoms with Crippen LogP contribution in [-0.4, -0.2) is 63.5 Å². The molecule has 2 saturated carbocycles. The van der Waals surface area contributed by atoms with Gasteiger partial charge in [0.25, 0.3) is 0 Å². The number of likely N-dealkylation sites (tertiary alicyclic amines) is 1. The summed E-state index contributed by atoms with van der Waals surface area (Å²) < 4.78 is 6.82. The normalized spacial score (nSPS) is 42.4. The minimum atomic E-state index is -1.05. The van der Waals surface area contributed by atoms with E-state index in [9.17, 15) is 20.1 Å². The third-order valence-electron chi connectivity index (χ3n) is 8.38. The Hall–Kier alpha value is -1.79. The molecule has 1 aromatic carbocycles. The number of phenolic OH excluding ortho intramolecular Hbond substituents is 2. The SMILES string of the molecule is C[N@+]1(CC2CC2)CC[C@]23c4c5c(O)cc(O)c4O[C@H]2C(=O)CC[C@@]3(O)[C@H]1C5.[CH3-]. The van der Waals surface area contributed by atoms with Gasteiger partial charge in [0.2, 0.25) is 0 Å². The highest BCUT2D eigenvalue weighted by Gasteiger charge is 2.76. The van der Waals surface area contributed by atoms with E-state index in [1.54, 1.807) is 0 Å². The van der Waals surface area contributed by atoms with Crippen molar-refractivity contribution in [3.63, 3.8) is 0 Å². The van der Waals surface area contributed by atoms with Gasteiger partial charge >= 0.3 is 0 Å². The molecule has 0 amide bonds. The molecule has 2 heterocycles. The zero-order chi connectivity index (χ0) is 18.8. The van der Waals surface area contributed by atoms with Gasteiger partial charge in [0.05, 0.1) is 25.6 Å². The van der Waals surface area contributed by atoms with E-state index in [2.05, 4.69) is 7.05 Å². The molecule has 6 heteroatoms. The average molecular weight is 387 g/mol. The molecular weight excluding hydrogens is 358 g/mol. The Balaban J connectivity index is 0.00000171. The van der Waals surface area contributed by atoms with E-state index < -0.39 is 17.1 Å². The van der Waals surface area contributed by atoms with Gasteiger partial charge in [-0.1, -0.05) is 0 Å². The van der Waals surface area contributed by atoms with Crippen LogP contribution in [0.4, 0.5) is 0 Å². The van der Waals surface area contributed by atoms with Crippen LogP contribution in [-0.2, 0) is 16.6 Å². The summed E-state index contributed by atoms with van der Waals surface area (Å²) in [7, 11) is 2.23. The van der Waals surface area contributed by atoms with Crippen molar-refractivity contribution >= 4 is 5.78 Å². The van der Waals surface area contributed by atoms with Gasteiger partial charge in [0.15, 0.2) is 23.4 Å². The molecule has 1 spiro atoms. The zero-order valence-electron chi connectivity index (χ0n) is 16.6. The lowest BCUT2D eigenvalue weighted by molar-refractivity contribution is -0.950. The first kappa shape index (κ1) is 18.3. The summed E-state index contributed by atoms with van der Waals surface area (Å²) in [4.78, 5) is 12.8. The number of benzene rings is 1. The van der Waals surface area contributed by atoms with Crippen LogP contribution in [0.5, 0.6) is 17.2 Å². The predicted octanol–water partition coefficient (Wildman–Crippen LogP) is 1.83. The Bertz CT molecular complexity index is 895. The first-order valence-electron chi connectivity index (χ1n) is 10.1. The van der Waals surface area contributed by atoms with E-state index in [4.69, 9.17) is 4.74 Å². The lowest BCUT2D eigenvalue weighted by Gasteiger charge is -2.64. The van der Waals surface area contributed by atoms with Gasteiger partial charge in [-0.3, -0.25) is 4.79 Å². The lowest BCUT2D eigenvalue weighted by Crippen LogP contribution is -2.80. The van der Waals surface area contributed by atoms with Crippen molar-refractivity contribution in [3.05, 3.63) is 24.6 Å². The maximum absolute atomic E-state index is 12.8. The number of likely N-dealkylation sites (N-methyl/N-ethyl adjacent to an activating group) is 1. The van der Waals surface area contributed by atoms with E-state index in [1.807, 2.05) is 0 Å². The number of hydrogen-bond acceptors (Lipinski definition) is 5. The molecule has 5 aliphatic rings. The van der Waals surface area contributed by atoms with Crippen LogP contribution in [0.3, 0.4) is 0 Å². The Kier molecular flexibility index (Phi) is 3.40. The average Bonchev–Trinajstić information content (AvgIpc) is 3.33. The Morgan fingerprint density at radius 1 is 1.25 bits per heavy atom. The van der Waals surface area contributed by atoms with Crippen molar-refractivity contribution in [3.8, 4) is 17.2 Å². The van der Waals surface area contributed by atoms with Crippen LogP contribution in [0.2, 0.25) is 0 Å². The molecule has 6 nitrogen and oxygen atoms in total. The van der Waals surface area contributed by atoms with Crippen molar-refractivity contribution in [1.29, 1.82) is 0 Å². The van der Waals surface area contributed by atoms with Gasteiger partial charge in [-0.25, -0.2) is 0 Å².